The summed E-state index contributed by atoms with van der Waals surface area (Å²) in [6, 6.07) is 13.1. The number of primary amides is 1. The predicted molar refractivity (Wildman–Crippen MR) is 265 cm³/mol. The highest BCUT2D eigenvalue weighted by Crippen LogP contribution is 2.66. The van der Waals surface area contributed by atoms with Crippen molar-refractivity contribution in [3.63, 3.8) is 0 Å². The van der Waals surface area contributed by atoms with Crippen molar-refractivity contribution in [2.75, 3.05) is 32.3 Å². The van der Waals surface area contributed by atoms with Gasteiger partial charge in [-0.3, -0.25) is 29.1 Å². The molecule has 1 saturated heterocycles. The van der Waals surface area contributed by atoms with Crippen LogP contribution in [0, 0.1) is 50.7 Å². The highest BCUT2D eigenvalue weighted by Gasteiger charge is 2.69. The Balaban J connectivity index is 1.27. The molecule has 2 aliphatic heterocycles. The molecule has 1 saturated carbocycles. The van der Waals surface area contributed by atoms with Crippen molar-refractivity contribution in [3.05, 3.63) is 69.6 Å². The monoisotopic (exact) mass is 959 g/mol. The first-order valence-electron chi connectivity index (χ1n) is 22.8. The molecule has 15 heteroatoms. The first-order chi connectivity index (χ1) is 31.0. The van der Waals surface area contributed by atoms with Gasteiger partial charge in [-0.05, 0) is 81.1 Å². The minimum atomic E-state index is -1.94. The number of nitrogens with one attached hydrogen (secondary N) is 1. The zero-order valence-corrected chi connectivity index (χ0v) is 43.0. The standard InChI is InChI=1S/C52H70ClN5O8S/c1-14-15-16-17-38(66-47(63)51(10,11)44-49(6,7)45(50(44,8)9)65-37-23-22-35(26-54)39(53)24-37)28-64-29-41(60)57-42(48(3,4)5)43(61)52(46(55)62)25-36(59)27-58(52)32(2)33-18-20-34(21-19-33)40-30-67(12,13)31-56-40/h18-24,30-32,36,38,42,44-45,59H,16-17,25,27-29H2,1-13H3,(H2,55,62)(H,57,60)/t32-,36-,38+,42-,44?,45?,52-/m0/s1. The lowest BCUT2D eigenvalue weighted by molar-refractivity contribution is -0.244. The molecular weight excluding hydrogens is 890 g/mol. The Morgan fingerprint density at radius 1 is 1.06 bits per heavy atom. The van der Waals surface area contributed by atoms with Crippen molar-refractivity contribution in [1.82, 2.24) is 10.2 Å². The van der Waals surface area contributed by atoms with Crippen LogP contribution in [0.3, 0.4) is 0 Å². The number of nitrogens with zero attached hydrogens (tertiary/aromatic N) is 3. The maximum atomic E-state index is 14.9. The molecule has 4 N–H and O–H groups in total. The lowest BCUT2D eigenvalue weighted by Crippen LogP contribution is -2.71. The smallest absolute Gasteiger partial charge is 0.312 e. The fourth-order valence-corrected chi connectivity index (χ4v) is 12.7. The number of benzene rings is 2. The molecule has 2 aromatic carbocycles. The van der Waals surface area contributed by atoms with Gasteiger partial charge in [-0.25, -0.2) is 0 Å². The topological polar surface area (TPSA) is 194 Å². The summed E-state index contributed by atoms with van der Waals surface area (Å²) < 4.78 is 18.6. The summed E-state index contributed by atoms with van der Waals surface area (Å²) in [5, 5.41) is 25.7. The van der Waals surface area contributed by atoms with Crippen LogP contribution in [-0.4, -0.2) is 101 Å². The Morgan fingerprint density at radius 2 is 1.70 bits per heavy atom. The van der Waals surface area contributed by atoms with E-state index in [2.05, 4.69) is 73.8 Å². The van der Waals surface area contributed by atoms with Crippen LogP contribution in [0.25, 0.3) is 5.70 Å². The van der Waals surface area contributed by atoms with Crippen LogP contribution in [0.1, 0.15) is 118 Å². The summed E-state index contributed by atoms with van der Waals surface area (Å²) >= 11 is 6.31. The van der Waals surface area contributed by atoms with E-state index in [1.54, 1.807) is 50.8 Å². The van der Waals surface area contributed by atoms with Gasteiger partial charge >= 0.3 is 5.97 Å². The Morgan fingerprint density at radius 3 is 2.24 bits per heavy atom. The predicted octanol–water partition coefficient (Wildman–Crippen LogP) is 7.96. The van der Waals surface area contributed by atoms with Crippen molar-refractivity contribution in [1.29, 1.82) is 5.26 Å². The van der Waals surface area contributed by atoms with Crippen LogP contribution in [0.5, 0.6) is 5.75 Å². The van der Waals surface area contributed by atoms with E-state index in [4.69, 9.17) is 31.5 Å². The maximum absolute atomic E-state index is 14.9. The van der Waals surface area contributed by atoms with E-state index < -0.39 is 91.7 Å². The fourth-order valence-electron chi connectivity index (χ4n) is 11.2. The van der Waals surface area contributed by atoms with E-state index in [0.29, 0.717) is 29.2 Å². The lowest BCUT2D eigenvalue weighted by atomic mass is 9.39. The largest absolute Gasteiger partial charge is 0.489 e. The number of likely N-dealkylation sites (tertiary alicyclic amines) is 1. The van der Waals surface area contributed by atoms with Crippen molar-refractivity contribution in [2.45, 2.75) is 131 Å². The van der Waals surface area contributed by atoms with E-state index in [1.807, 2.05) is 50.6 Å². The lowest BCUT2D eigenvalue weighted by Gasteiger charge is -2.67. The Bertz CT molecular complexity index is 2370. The van der Waals surface area contributed by atoms with Gasteiger partial charge in [0.05, 0.1) is 40.5 Å². The molecule has 3 aliphatic rings. The van der Waals surface area contributed by atoms with Gasteiger partial charge in [0.25, 0.3) is 0 Å². The number of amides is 2. The van der Waals surface area contributed by atoms with E-state index in [9.17, 15) is 29.5 Å². The molecule has 0 spiro atoms. The summed E-state index contributed by atoms with van der Waals surface area (Å²) in [6.45, 7) is 20.3. The Labute approximate surface area is 403 Å². The van der Waals surface area contributed by atoms with Crippen LogP contribution in [0.4, 0.5) is 0 Å². The number of aliphatic imine (C=N–C) groups is 1. The molecule has 1 aliphatic carbocycles. The highest BCUT2D eigenvalue weighted by atomic mass is 35.5. The zero-order valence-electron chi connectivity index (χ0n) is 41.4. The number of rotatable bonds is 18. The number of halogens is 1. The SMILES string of the molecule is CC#CCC[C@H](COCC(=O)N[C@@H](C(=O)[C@]1(C(N)=O)C[C@H](O)CN1[C@@H](C)c1ccc(C2=CS(C)(C)C=N2)cc1)C(C)(C)C)OC(=O)C(C)(C)C1C(C)(C)C(Oc2ccc(C#N)c(Cl)c2)C1(C)C. The zero-order chi connectivity index (χ0) is 50.1. The quantitative estimate of drug-likeness (QED) is 0.0750. The summed E-state index contributed by atoms with van der Waals surface area (Å²) in [6.07, 6.45) is 2.76. The number of nitrogens with two attached hydrogens (primary N) is 1. The number of ketones is 1. The van der Waals surface area contributed by atoms with Gasteiger partial charge in [0.1, 0.15) is 30.6 Å². The molecule has 0 radical (unpaired) electrons. The van der Waals surface area contributed by atoms with Gasteiger partial charge in [-0.2, -0.15) is 15.3 Å². The molecule has 5 atom stereocenters. The van der Waals surface area contributed by atoms with Gasteiger partial charge in [0, 0.05) is 53.4 Å². The van der Waals surface area contributed by atoms with Gasteiger partial charge in [0.15, 0.2) is 11.3 Å². The third-order valence-corrected chi connectivity index (χ3v) is 15.5. The molecule has 5 rings (SSSR count). The van der Waals surface area contributed by atoms with Crippen LogP contribution < -0.4 is 15.8 Å². The Kier molecular flexibility index (Phi) is 16.0. The average Bonchev–Trinajstić information content (AvgIpc) is 3.79. The molecule has 0 bridgehead atoms. The van der Waals surface area contributed by atoms with Crippen molar-refractivity contribution < 1.29 is 38.5 Å². The minimum absolute atomic E-state index is 0.00978. The molecule has 2 fully saturated rings. The number of carbonyl (C=O) groups excluding carboxylic acids is 4. The Hall–Kier alpha value is -4.70. The van der Waals surface area contributed by atoms with Gasteiger partial charge in [-0.15, -0.1) is 11.8 Å². The van der Waals surface area contributed by atoms with Crippen LogP contribution >= 0.6 is 21.6 Å². The van der Waals surface area contributed by atoms with E-state index in [0.717, 1.165) is 16.8 Å². The number of hydrogen-bond donors (Lipinski definition) is 3. The molecule has 2 aromatic rings. The second-order valence-corrected chi connectivity index (χ2v) is 25.4. The number of aliphatic hydroxyl groups excluding tert-OH is 1. The van der Waals surface area contributed by atoms with E-state index in [1.165, 1.54) is 0 Å². The van der Waals surface area contributed by atoms with Crippen LogP contribution in [0.2, 0.25) is 5.02 Å². The fraction of sp³-hybridized carbons (Fsp3) is 0.577. The minimum Gasteiger partial charge on any atom is -0.489 e. The number of carbonyl (C=O) groups is 4. The summed E-state index contributed by atoms with van der Waals surface area (Å²) in [4.78, 5) is 62.8. The van der Waals surface area contributed by atoms with E-state index >= 15 is 0 Å². The summed E-state index contributed by atoms with van der Waals surface area (Å²) in [7, 11) is -1.05. The van der Waals surface area contributed by atoms with Gasteiger partial charge < -0.3 is 30.4 Å². The third-order valence-electron chi connectivity index (χ3n) is 13.7. The number of esters is 1. The molecule has 13 nitrogen and oxygen atoms in total. The molecule has 364 valence electrons. The molecule has 2 amide bonds. The summed E-state index contributed by atoms with van der Waals surface area (Å²) in [5.41, 5.74) is 6.34. The second kappa shape index (κ2) is 20.1. The van der Waals surface area contributed by atoms with Crippen LogP contribution in [-0.2, 0) is 28.7 Å². The van der Waals surface area contributed by atoms with Crippen molar-refractivity contribution in [3.8, 4) is 23.7 Å². The number of β-amino-alcohol motifs (C(OH)–C–C–N with tert-alkyl or cyclic N) is 1. The first kappa shape index (κ1) is 53.3. The number of aliphatic hydroxyl groups is 1. The van der Waals surface area contributed by atoms with E-state index in [-0.39, 0.29) is 31.6 Å². The van der Waals surface area contributed by atoms with Crippen molar-refractivity contribution in [2.24, 2.45) is 38.3 Å². The second-order valence-electron chi connectivity index (χ2n) is 21.5. The maximum Gasteiger partial charge on any atom is 0.312 e. The molecular formula is C52H70ClN5O8S. The first-order valence-corrected chi connectivity index (χ1v) is 25.7. The normalized spacial score (nSPS) is 24.6. The van der Waals surface area contributed by atoms with Gasteiger partial charge in [0.2, 0.25) is 11.8 Å². The number of Topliss-reactive ketones (excluding diaryl/α,β-unsaturated/α-hetero) is 1. The highest BCUT2D eigenvalue weighted by molar-refractivity contribution is 8.45. The van der Waals surface area contributed by atoms with Crippen LogP contribution in [0.15, 0.2) is 52.9 Å². The molecule has 2 heterocycles. The average molecular weight is 961 g/mol. The molecule has 0 aromatic heterocycles. The third kappa shape index (κ3) is 11.1. The molecule has 0 unspecified atom stereocenters. The van der Waals surface area contributed by atoms with Gasteiger partial charge in [-0.1, -0.05) is 84.3 Å². The molecule has 67 heavy (non-hydrogen) atoms. The number of hydrogen-bond acceptors (Lipinski definition) is 11. The summed E-state index contributed by atoms with van der Waals surface area (Å²) in [5.74, 6) is 3.62. The van der Waals surface area contributed by atoms with Crippen molar-refractivity contribution >= 4 is 56.4 Å². The number of ether oxygens (including phenoxy) is 3. The number of nitriles is 1.